The van der Waals surface area contributed by atoms with E-state index in [1.165, 1.54) is 0 Å². The molecule has 0 N–H and O–H groups in total. The van der Waals surface area contributed by atoms with E-state index < -0.39 is 10.0 Å². The molecule has 9 nitrogen and oxygen atoms in total. The summed E-state index contributed by atoms with van der Waals surface area (Å²) in [5.41, 5.74) is 6.55. The fraction of sp³-hybridized carbons (Fsp3) is 0.361. The van der Waals surface area contributed by atoms with Crippen LogP contribution in [0, 0.1) is 6.92 Å². The molecule has 0 amide bonds. The zero-order valence-electron chi connectivity index (χ0n) is 26.4. The van der Waals surface area contributed by atoms with E-state index in [4.69, 9.17) is 9.47 Å². The van der Waals surface area contributed by atoms with Crippen LogP contribution in [0.1, 0.15) is 72.4 Å². The molecule has 0 bridgehead atoms. The van der Waals surface area contributed by atoms with Crippen molar-refractivity contribution in [1.82, 2.24) is 19.3 Å². The number of ether oxygens (including phenoxy) is 2. The fourth-order valence-corrected chi connectivity index (χ4v) is 8.67. The average Bonchev–Trinajstić information content (AvgIpc) is 3.63. The van der Waals surface area contributed by atoms with Gasteiger partial charge >= 0.3 is 5.97 Å². The molecule has 0 radical (unpaired) electrons. The van der Waals surface area contributed by atoms with E-state index >= 15 is 0 Å². The number of aromatic nitrogens is 3. The zero-order valence-corrected chi connectivity index (χ0v) is 27.2. The Hall–Kier alpha value is -4.28. The number of sulfonamides is 1. The summed E-state index contributed by atoms with van der Waals surface area (Å²) in [6.45, 7) is 12.5. The molecule has 0 saturated heterocycles. The third kappa shape index (κ3) is 5.87. The first kappa shape index (κ1) is 31.7. The van der Waals surface area contributed by atoms with E-state index in [0.717, 1.165) is 45.3 Å². The van der Waals surface area contributed by atoms with Gasteiger partial charge < -0.3 is 9.47 Å². The number of hydrogen-bond acceptors (Lipinski definition) is 7. The summed E-state index contributed by atoms with van der Waals surface area (Å²) in [7, 11) is -3.86. The molecule has 46 heavy (non-hydrogen) atoms. The van der Waals surface area contributed by atoms with Crippen molar-refractivity contribution in [3.63, 3.8) is 0 Å². The predicted octanol–water partition coefficient (Wildman–Crippen LogP) is 6.42. The molecule has 0 fully saturated rings. The first-order valence-electron chi connectivity index (χ1n) is 15.9. The topological polar surface area (TPSA) is 104 Å². The van der Waals surface area contributed by atoms with Gasteiger partial charge in [-0.3, -0.25) is 4.79 Å². The molecule has 10 heteroatoms. The predicted molar refractivity (Wildman–Crippen MR) is 177 cm³/mol. The van der Waals surface area contributed by atoms with Crippen LogP contribution < -0.4 is 4.74 Å². The van der Waals surface area contributed by atoms with Gasteiger partial charge in [0.25, 0.3) is 0 Å². The van der Waals surface area contributed by atoms with Gasteiger partial charge in [-0.15, -0.1) is 18.3 Å². The zero-order chi connectivity index (χ0) is 32.4. The Morgan fingerprint density at radius 2 is 1.98 bits per heavy atom. The van der Waals surface area contributed by atoms with Crippen LogP contribution in [-0.2, 0) is 32.5 Å². The summed E-state index contributed by atoms with van der Waals surface area (Å²) in [6, 6.07) is 16.8. The van der Waals surface area contributed by atoms with Gasteiger partial charge in [-0.25, -0.2) is 13.1 Å². The second-order valence-electron chi connectivity index (χ2n) is 11.9. The number of aryl methyl sites for hydroxylation is 2. The van der Waals surface area contributed by atoms with Gasteiger partial charge in [-0.2, -0.15) is 4.31 Å². The molecule has 6 rings (SSSR count). The number of allylic oxidation sites excluding steroid dienone is 2. The fourth-order valence-electron chi connectivity index (χ4n) is 6.88. The molecular weight excluding hydrogens is 600 g/mol. The lowest BCUT2D eigenvalue weighted by Crippen LogP contribution is -2.39. The maximum atomic E-state index is 14.3. The highest BCUT2D eigenvalue weighted by Crippen LogP contribution is 2.44. The lowest BCUT2D eigenvalue weighted by atomic mass is 9.84. The maximum Gasteiger partial charge on any atom is 0.306 e. The average molecular weight is 641 g/mol. The maximum absolute atomic E-state index is 14.3. The number of para-hydroxylation sites is 1. The third-order valence-corrected chi connectivity index (χ3v) is 11.0. The minimum atomic E-state index is -3.86. The molecule has 1 aliphatic carbocycles. The van der Waals surface area contributed by atoms with E-state index in [1.54, 1.807) is 46.3 Å². The standard InChI is InChI=1S/C36H40N4O5S/c1-5-8-11-27-23-40(46(42,43)34-13-10-9-12-33(34)45-27)31-18-16-25-14-15-26(21-30(25)31)29(22-35(41)44-7-3)28-17-19-32-36(24(28)4)37-38-39(32)20-6-2/h5-6,9-10,12-15,17,19,21,27,29,31H,1-2,7-8,11,16,18,20,22-23H2,3-4H3. The summed E-state index contributed by atoms with van der Waals surface area (Å²) in [6.07, 6.45) is 6.22. The highest BCUT2D eigenvalue weighted by molar-refractivity contribution is 7.89. The Labute approximate surface area is 270 Å². The Bertz CT molecular complexity index is 1900. The summed E-state index contributed by atoms with van der Waals surface area (Å²) in [5, 5.41) is 8.76. The summed E-state index contributed by atoms with van der Waals surface area (Å²) < 4.78 is 43.7. The second-order valence-corrected chi connectivity index (χ2v) is 13.8. The van der Waals surface area contributed by atoms with Crippen LogP contribution in [0.4, 0.5) is 0 Å². The Kier molecular flexibility index (Phi) is 9.11. The number of nitrogens with zero attached hydrogens (tertiary/aromatic N) is 4. The van der Waals surface area contributed by atoms with E-state index in [1.807, 2.05) is 25.1 Å². The molecule has 2 heterocycles. The first-order valence-corrected chi connectivity index (χ1v) is 17.3. The number of hydrogen-bond donors (Lipinski definition) is 0. The van der Waals surface area contributed by atoms with Gasteiger partial charge in [0.1, 0.15) is 22.3 Å². The van der Waals surface area contributed by atoms with E-state index in [0.29, 0.717) is 31.6 Å². The van der Waals surface area contributed by atoms with Gasteiger partial charge in [0, 0.05) is 5.92 Å². The van der Waals surface area contributed by atoms with Gasteiger partial charge in [-0.1, -0.05) is 53.8 Å². The van der Waals surface area contributed by atoms with Gasteiger partial charge in [0.05, 0.1) is 37.7 Å². The van der Waals surface area contributed by atoms with Crippen LogP contribution in [0.25, 0.3) is 11.0 Å². The number of carbonyl (C=O) groups is 1. The Balaban J connectivity index is 1.43. The highest BCUT2D eigenvalue weighted by atomic mass is 32.2. The molecule has 0 spiro atoms. The van der Waals surface area contributed by atoms with Crippen molar-refractivity contribution in [2.45, 2.75) is 75.5 Å². The Morgan fingerprint density at radius 3 is 2.76 bits per heavy atom. The molecule has 2 aliphatic rings. The summed E-state index contributed by atoms with van der Waals surface area (Å²) >= 11 is 0. The van der Waals surface area contributed by atoms with Crippen LogP contribution >= 0.6 is 0 Å². The molecule has 3 atom stereocenters. The molecule has 3 aromatic carbocycles. The van der Waals surface area contributed by atoms with Crippen LogP contribution in [0.15, 0.2) is 84.8 Å². The number of rotatable bonds is 11. The molecule has 1 aromatic heterocycles. The molecule has 240 valence electrons. The number of fused-ring (bicyclic) bond motifs is 3. The van der Waals surface area contributed by atoms with Crippen molar-refractivity contribution in [3.8, 4) is 5.75 Å². The molecule has 0 saturated carbocycles. The first-order chi connectivity index (χ1) is 22.3. The molecule has 1 aliphatic heterocycles. The largest absolute Gasteiger partial charge is 0.488 e. The van der Waals surface area contributed by atoms with E-state index in [2.05, 4.69) is 41.7 Å². The van der Waals surface area contributed by atoms with Crippen LogP contribution in [0.3, 0.4) is 0 Å². The van der Waals surface area contributed by atoms with Crippen LogP contribution in [0.5, 0.6) is 5.75 Å². The lowest BCUT2D eigenvalue weighted by molar-refractivity contribution is -0.143. The molecule has 4 aromatic rings. The van der Waals surface area contributed by atoms with Crippen molar-refractivity contribution in [2.75, 3.05) is 13.2 Å². The van der Waals surface area contributed by atoms with Crippen molar-refractivity contribution in [2.24, 2.45) is 0 Å². The quantitative estimate of drug-likeness (QED) is 0.138. The van der Waals surface area contributed by atoms with Gasteiger partial charge in [-0.05, 0) is 85.5 Å². The van der Waals surface area contributed by atoms with Crippen LogP contribution in [0.2, 0.25) is 0 Å². The molecular formula is C36H40N4O5S. The van der Waals surface area contributed by atoms with E-state index in [-0.39, 0.29) is 48.5 Å². The lowest BCUT2D eigenvalue weighted by Gasteiger charge is -2.29. The SMILES string of the molecule is C=CCCC1CN(C2CCc3ccc(C(CC(=O)OCC)c4ccc5c(nnn5CC=C)c4C)cc32)S(=O)(=O)c2ccccc2O1. The molecule has 3 unspecified atom stereocenters. The van der Waals surface area contributed by atoms with Crippen molar-refractivity contribution in [3.05, 3.63) is 108 Å². The monoisotopic (exact) mass is 640 g/mol. The van der Waals surface area contributed by atoms with Crippen molar-refractivity contribution < 1.29 is 22.7 Å². The van der Waals surface area contributed by atoms with Gasteiger partial charge in [0.15, 0.2) is 0 Å². The number of esters is 1. The normalized spacial score (nSPS) is 19.4. The minimum absolute atomic E-state index is 0.136. The van der Waals surface area contributed by atoms with Crippen LogP contribution in [-0.4, -0.2) is 52.9 Å². The van der Waals surface area contributed by atoms with Crippen molar-refractivity contribution >= 4 is 27.0 Å². The number of benzene rings is 3. The Morgan fingerprint density at radius 1 is 1.15 bits per heavy atom. The van der Waals surface area contributed by atoms with Gasteiger partial charge in [0.2, 0.25) is 10.0 Å². The van der Waals surface area contributed by atoms with Crippen molar-refractivity contribution in [1.29, 1.82) is 0 Å². The summed E-state index contributed by atoms with van der Waals surface area (Å²) in [5.74, 6) is -0.241. The van der Waals surface area contributed by atoms with E-state index in [9.17, 15) is 13.2 Å². The third-order valence-electron chi connectivity index (χ3n) is 9.11. The highest BCUT2D eigenvalue weighted by Gasteiger charge is 2.41. The summed E-state index contributed by atoms with van der Waals surface area (Å²) in [4.78, 5) is 13.2. The smallest absolute Gasteiger partial charge is 0.306 e. The second kappa shape index (κ2) is 13.2. The minimum Gasteiger partial charge on any atom is -0.488 e. The number of carbonyl (C=O) groups excluding carboxylic acids is 1.